The molecule has 26 nitrogen and oxygen atoms in total. The lowest BCUT2D eigenvalue weighted by Crippen LogP contribution is -2.65. The van der Waals surface area contributed by atoms with Crippen LogP contribution in [-0.4, -0.2) is 218 Å². The third kappa shape index (κ3) is 15.8. The molecule has 5 N–H and O–H groups in total. The van der Waals surface area contributed by atoms with Gasteiger partial charge in [-0.25, -0.2) is 37.2 Å². The summed E-state index contributed by atoms with van der Waals surface area (Å²) in [6.07, 6.45) is -2.63. The summed E-state index contributed by atoms with van der Waals surface area (Å²) in [5, 5.41) is 20.1. The van der Waals surface area contributed by atoms with Crippen LogP contribution in [0.3, 0.4) is 0 Å². The van der Waals surface area contributed by atoms with Crippen LogP contribution in [0, 0.1) is 30.3 Å². The van der Waals surface area contributed by atoms with Gasteiger partial charge in [0.25, 0.3) is 0 Å². The molecule has 6 heterocycles. The molecule has 9 atom stereocenters. The lowest BCUT2D eigenvalue weighted by Gasteiger charge is -2.42. The Morgan fingerprint density at radius 3 is 2.21 bits per heavy atom. The lowest BCUT2D eigenvalue weighted by atomic mass is 10.0. The number of carbonyl (C=O) groups excluding carboxylic acids is 9. The first kappa shape index (κ1) is 62.1. The Morgan fingerprint density at radius 2 is 1.52 bits per heavy atom. The summed E-state index contributed by atoms with van der Waals surface area (Å²) in [6, 6.07) is -3.60. The van der Waals surface area contributed by atoms with Gasteiger partial charge in [0.2, 0.25) is 29.5 Å². The van der Waals surface area contributed by atoms with Crippen molar-refractivity contribution in [2.45, 2.75) is 135 Å². The summed E-state index contributed by atoms with van der Waals surface area (Å²) in [5.41, 5.74) is 2.73. The van der Waals surface area contributed by atoms with Gasteiger partial charge in [0.1, 0.15) is 78.1 Å². The molecule has 0 radical (unpaired) electrons. The number of anilines is 1. The van der Waals surface area contributed by atoms with Crippen molar-refractivity contribution < 1.29 is 70.5 Å². The van der Waals surface area contributed by atoms with Gasteiger partial charge in [0.15, 0.2) is 0 Å². The van der Waals surface area contributed by atoms with E-state index in [1.807, 2.05) is 4.90 Å². The van der Waals surface area contributed by atoms with E-state index in [4.69, 9.17) is 14.2 Å². The molecule has 3 aromatic rings. The van der Waals surface area contributed by atoms with Crippen LogP contribution in [0.1, 0.15) is 71.2 Å². The van der Waals surface area contributed by atoms with Crippen molar-refractivity contribution in [1.29, 1.82) is 0 Å². The Balaban J connectivity index is 1.07. The molecular weight excluding hydrogens is 1110 g/mol. The Morgan fingerprint density at radius 1 is 0.821 bits per heavy atom. The van der Waals surface area contributed by atoms with Crippen molar-refractivity contribution in [3.63, 3.8) is 0 Å². The third-order valence-electron chi connectivity index (χ3n) is 15.1. The standard InChI is InChI=1S/C55H73F3N14O12/c1-30-9-10-40(39(58)17-30)60-53(80)61-41(21-34-19-35(56)22-36(57)20-34)47(74)62-46-33(4)82-52(79)43-18-31(2)24-71(43)49(76)32(3)59-48(75)44-28-66(8)11-16-70(44)50(77)42-23-38(27-72(42)51(46)78)83-45(73)29-69-26-37(63-65-69)25-67-12-14-68(15-13-67)64-54(81)84-55(5,6)7/h9-10,17,19-20,22,26,31-33,38,41-44,46H,11-16,18,21,23-25,27-29H2,1-8H3,(H,59,75)(H,62,74)(H,64,81)(H2,60,61,80)/t31-,32+,33+,38-,41+,42+,43+,44+,46+/m1/s1. The number of amides is 8. The SMILES string of the molecule is Cc1ccc(NC(=O)N[C@@H](Cc2cc(F)cc(F)c2)C(=O)N[C@@H]2C(=O)N3C[C@H](OC(=O)Cn4cc(CN5CCN(NC(=O)OC(C)(C)C)CC5)nn4)C[C@H]3C(=O)N3CCN(C)C[C@H]3C(=O)N[C@@H](C)C(=O)N3C[C@H](C)C[C@H]3C(=O)O[C@H]2C)c(F)c1. The van der Waals surface area contributed by atoms with Crippen molar-refractivity contribution in [2.75, 3.05) is 71.3 Å². The molecule has 2 aromatic carbocycles. The molecule has 0 bridgehead atoms. The molecule has 5 aliphatic rings. The van der Waals surface area contributed by atoms with Crippen LogP contribution in [0.5, 0.6) is 0 Å². The second kappa shape index (κ2) is 26.3. The zero-order chi connectivity index (χ0) is 60.9. The minimum Gasteiger partial charge on any atom is -0.459 e. The zero-order valence-electron chi connectivity index (χ0n) is 48.2. The molecule has 0 spiro atoms. The molecule has 1 aromatic heterocycles. The Kier molecular flexibility index (Phi) is 19.5. The van der Waals surface area contributed by atoms with Gasteiger partial charge in [-0.05, 0) is 96.3 Å². The average molecular weight is 1180 g/mol. The van der Waals surface area contributed by atoms with Gasteiger partial charge in [-0.2, -0.15) is 0 Å². The van der Waals surface area contributed by atoms with Gasteiger partial charge < -0.3 is 55.1 Å². The van der Waals surface area contributed by atoms with Crippen molar-refractivity contribution in [3.05, 3.63) is 76.9 Å². The summed E-state index contributed by atoms with van der Waals surface area (Å²) in [6.45, 7) is 13.4. The fraction of sp³-hybridized carbons (Fsp3) is 0.582. The minimum absolute atomic E-state index is 0.0120. The number of esters is 2. The van der Waals surface area contributed by atoms with E-state index < -0.39 is 145 Å². The molecule has 8 rings (SSSR count). The number of rotatable bonds is 12. The molecule has 5 fully saturated rings. The first-order valence-electron chi connectivity index (χ1n) is 27.9. The number of ether oxygens (including phenoxy) is 3. The molecule has 5 saturated heterocycles. The third-order valence-corrected chi connectivity index (χ3v) is 15.1. The monoisotopic (exact) mass is 1180 g/mol. The Hall–Kier alpha value is -7.92. The largest absolute Gasteiger partial charge is 0.459 e. The van der Waals surface area contributed by atoms with Gasteiger partial charge in [0, 0.05) is 77.8 Å². The summed E-state index contributed by atoms with van der Waals surface area (Å²) < 4.78 is 62.8. The number of carbonyl (C=O) groups is 9. The van der Waals surface area contributed by atoms with E-state index >= 15 is 9.59 Å². The van der Waals surface area contributed by atoms with E-state index in [1.54, 1.807) is 52.9 Å². The first-order valence-corrected chi connectivity index (χ1v) is 27.9. The number of nitrogens with one attached hydrogen (secondary N) is 5. The second-order valence-corrected chi connectivity index (χ2v) is 23.3. The Bertz CT molecular complexity index is 2970. The molecular formula is C55H73F3N14O12. The van der Waals surface area contributed by atoms with Crippen LogP contribution in [-0.2, 0) is 67.3 Å². The molecule has 8 amide bonds. The molecule has 0 unspecified atom stereocenters. The summed E-state index contributed by atoms with van der Waals surface area (Å²) >= 11 is 0. The van der Waals surface area contributed by atoms with Crippen LogP contribution in [0.2, 0.25) is 0 Å². The summed E-state index contributed by atoms with van der Waals surface area (Å²) in [4.78, 5) is 136. The number of halogens is 3. The van der Waals surface area contributed by atoms with Crippen molar-refractivity contribution in [1.82, 2.24) is 65.9 Å². The van der Waals surface area contributed by atoms with Crippen molar-refractivity contribution in [3.8, 4) is 0 Å². The smallest absolute Gasteiger partial charge is 0.422 e. The van der Waals surface area contributed by atoms with E-state index in [2.05, 4.69) is 41.9 Å². The van der Waals surface area contributed by atoms with Gasteiger partial charge in [-0.15, -0.1) is 5.10 Å². The van der Waals surface area contributed by atoms with E-state index in [-0.39, 0.29) is 56.2 Å². The quantitative estimate of drug-likeness (QED) is 0.124. The predicted octanol–water partition coefficient (Wildman–Crippen LogP) is 0.821. The molecule has 456 valence electrons. The molecule has 84 heavy (non-hydrogen) atoms. The number of cyclic esters (lactones) is 1. The van der Waals surface area contributed by atoms with Gasteiger partial charge in [-0.1, -0.05) is 18.2 Å². The maximum Gasteiger partial charge on any atom is 0.422 e. The predicted molar refractivity (Wildman–Crippen MR) is 291 cm³/mol. The summed E-state index contributed by atoms with van der Waals surface area (Å²) in [5.74, 6) is -9.18. The molecule has 0 aliphatic carbocycles. The number of likely N-dealkylation sites (N-methyl/N-ethyl adjacent to an activating group) is 1. The number of aryl methyl sites for hydroxylation is 1. The average Bonchev–Trinajstić information content (AvgIpc) is 4.24. The maximum absolute atomic E-state index is 15.5. The van der Waals surface area contributed by atoms with Crippen molar-refractivity contribution in [2.24, 2.45) is 5.92 Å². The Labute approximate surface area is 483 Å². The first-order chi connectivity index (χ1) is 39.7. The number of benzene rings is 2. The van der Waals surface area contributed by atoms with Crippen LogP contribution in [0.25, 0.3) is 0 Å². The number of hydrogen-bond donors (Lipinski definition) is 5. The van der Waals surface area contributed by atoms with Crippen LogP contribution >= 0.6 is 0 Å². The number of piperazine rings is 2. The van der Waals surface area contributed by atoms with Crippen LogP contribution in [0.15, 0.2) is 42.6 Å². The number of fused-ring (bicyclic) bond motifs is 3. The molecule has 29 heteroatoms. The van der Waals surface area contributed by atoms with Crippen LogP contribution < -0.4 is 26.7 Å². The number of aromatic nitrogens is 3. The van der Waals surface area contributed by atoms with Gasteiger partial charge in [0.05, 0.1) is 24.1 Å². The fourth-order valence-corrected chi connectivity index (χ4v) is 11.0. The number of hydrazine groups is 1. The number of nitrogens with zero attached hydrogens (tertiary/aromatic N) is 9. The second-order valence-electron chi connectivity index (χ2n) is 23.3. The highest BCUT2D eigenvalue weighted by Crippen LogP contribution is 2.29. The van der Waals surface area contributed by atoms with E-state index in [0.717, 1.165) is 23.1 Å². The van der Waals surface area contributed by atoms with E-state index in [9.17, 15) is 46.7 Å². The van der Waals surface area contributed by atoms with E-state index in [1.165, 1.54) is 40.5 Å². The van der Waals surface area contributed by atoms with Crippen LogP contribution in [0.4, 0.5) is 28.4 Å². The topological polar surface area (TPSA) is 292 Å². The zero-order valence-corrected chi connectivity index (χ0v) is 48.2. The van der Waals surface area contributed by atoms with E-state index in [0.29, 0.717) is 50.0 Å². The summed E-state index contributed by atoms with van der Waals surface area (Å²) in [7, 11) is 1.74. The molecule has 0 saturated carbocycles. The highest BCUT2D eigenvalue weighted by Gasteiger charge is 2.50. The highest BCUT2D eigenvalue weighted by atomic mass is 19.1. The maximum atomic E-state index is 15.5. The number of urea groups is 1. The molecule has 5 aliphatic heterocycles. The van der Waals surface area contributed by atoms with Gasteiger partial charge in [-0.3, -0.25) is 39.1 Å². The lowest BCUT2D eigenvalue weighted by molar-refractivity contribution is -0.163. The number of hydrogen-bond acceptors (Lipinski definition) is 17. The highest BCUT2D eigenvalue weighted by molar-refractivity contribution is 5.99. The fourth-order valence-electron chi connectivity index (χ4n) is 11.0. The minimum atomic E-state index is -1.93. The van der Waals surface area contributed by atoms with Gasteiger partial charge >= 0.3 is 24.1 Å². The van der Waals surface area contributed by atoms with Crippen molar-refractivity contribution >= 4 is 59.3 Å². The normalized spacial score (nSPS) is 25.4.